The van der Waals surface area contributed by atoms with Crippen LogP contribution in [0.5, 0.6) is 0 Å². The van der Waals surface area contributed by atoms with E-state index in [-0.39, 0.29) is 5.97 Å². The van der Waals surface area contributed by atoms with Gasteiger partial charge in [0, 0.05) is 39.4 Å². The van der Waals surface area contributed by atoms with Gasteiger partial charge in [0.15, 0.2) is 0 Å². The molecule has 0 aromatic carbocycles. The summed E-state index contributed by atoms with van der Waals surface area (Å²) < 4.78 is 4.81. The van der Waals surface area contributed by atoms with Crippen LogP contribution in [0.3, 0.4) is 0 Å². The SMILES string of the molecule is CC(=O)OCCN1CCC(=O)CC1. The second kappa shape index (κ2) is 4.97. The predicted octanol–water partition coefficient (Wildman–Crippen LogP) is 0.214. The van der Waals surface area contributed by atoms with Gasteiger partial charge in [-0.1, -0.05) is 0 Å². The number of rotatable bonds is 3. The van der Waals surface area contributed by atoms with Crippen molar-refractivity contribution < 1.29 is 14.3 Å². The van der Waals surface area contributed by atoms with Crippen LogP contribution in [0.25, 0.3) is 0 Å². The van der Waals surface area contributed by atoms with E-state index in [1.54, 1.807) is 0 Å². The molecule has 0 amide bonds. The number of hydrogen-bond donors (Lipinski definition) is 0. The number of hydrogen-bond acceptors (Lipinski definition) is 4. The van der Waals surface area contributed by atoms with Crippen molar-refractivity contribution in [1.82, 2.24) is 4.90 Å². The van der Waals surface area contributed by atoms with Crippen molar-refractivity contribution in [3.8, 4) is 0 Å². The molecule has 0 unspecified atom stereocenters. The fourth-order valence-electron chi connectivity index (χ4n) is 1.34. The van der Waals surface area contributed by atoms with Crippen LogP contribution in [-0.4, -0.2) is 42.9 Å². The zero-order valence-corrected chi connectivity index (χ0v) is 7.91. The Bertz CT molecular complexity index is 193. The summed E-state index contributed by atoms with van der Waals surface area (Å²) in [7, 11) is 0. The van der Waals surface area contributed by atoms with E-state index in [1.807, 2.05) is 0 Å². The van der Waals surface area contributed by atoms with E-state index in [1.165, 1.54) is 6.92 Å². The molecule has 0 aromatic heterocycles. The first-order valence-electron chi connectivity index (χ1n) is 4.56. The maximum atomic E-state index is 10.9. The van der Waals surface area contributed by atoms with Crippen LogP contribution < -0.4 is 0 Å². The highest BCUT2D eigenvalue weighted by Gasteiger charge is 2.15. The normalized spacial score (nSPS) is 18.7. The molecule has 13 heavy (non-hydrogen) atoms. The number of piperidine rings is 1. The Morgan fingerprint density at radius 1 is 1.46 bits per heavy atom. The number of esters is 1. The quantitative estimate of drug-likeness (QED) is 0.590. The van der Waals surface area contributed by atoms with E-state index in [9.17, 15) is 9.59 Å². The summed E-state index contributed by atoms with van der Waals surface area (Å²) >= 11 is 0. The molecule has 1 heterocycles. The van der Waals surface area contributed by atoms with Crippen molar-refractivity contribution in [2.24, 2.45) is 0 Å². The zero-order chi connectivity index (χ0) is 9.68. The minimum Gasteiger partial charge on any atom is -0.465 e. The van der Waals surface area contributed by atoms with Gasteiger partial charge in [-0.15, -0.1) is 0 Å². The van der Waals surface area contributed by atoms with Crippen molar-refractivity contribution in [3.05, 3.63) is 0 Å². The van der Waals surface area contributed by atoms with Gasteiger partial charge in [0.25, 0.3) is 0 Å². The summed E-state index contributed by atoms with van der Waals surface area (Å²) in [5, 5.41) is 0. The minimum atomic E-state index is -0.243. The van der Waals surface area contributed by atoms with Crippen molar-refractivity contribution in [1.29, 1.82) is 0 Å². The summed E-state index contributed by atoms with van der Waals surface area (Å²) in [6.45, 7) is 4.19. The first-order valence-corrected chi connectivity index (χ1v) is 4.56. The fourth-order valence-corrected chi connectivity index (χ4v) is 1.34. The lowest BCUT2D eigenvalue weighted by atomic mass is 10.1. The van der Waals surface area contributed by atoms with Crippen LogP contribution in [0, 0.1) is 0 Å². The van der Waals surface area contributed by atoms with Gasteiger partial charge in [0.05, 0.1) is 0 Å². The third-order valence-electron chi connectivity index (χ3n) is 2.13. The summed E-state index contributed by atoms with van der Waals surface area (Å²) in [4.78, 5) is 23.5. The Labute approximate surface area is 77.8 Å². The molecule has 0 aromatic rings. The van der Waals surface area contributed by atoms with Gasteiger partial charge in [-0.25, -0.2) is 0 Å². The van der Waals surface area contributed by atoms with E-state index in [4.69, 9.17) is 4.74 Å². The van der Waals surface area contributed by atoms with Gasteiger partial charge in [-0.2, -0.15) is 0 Å². The average Bonchev–Trinajstić information content (AvgIpc) is 2.08. The number of nitrogens with zero attached hydrogens (tertiary/aromatic N) is 1. The summed E-state index contributed by atoms with van der Waals surface area (Å²) in [5.74, 6) is 0.0943. The number of Topliss-reactive ketones (excluding diaryl/α,β-unsaturated/α-hetero) is 1. The van der Waals surface area contributed by atoms with Gasteiger partial charge in [0.1, 0.15) is 12.4 Å². The molecule has 0 bridgehead atoms. The zero-order valence-electron chi connectivity index (χ0n) is 7.91. The molecule has 0 radical (unpaired) electrons. The summed E-state index contributed by atoms with van der Waals surface area (Å²) in [6.07, 6.45) is 1.28. The van der Waals surface area contributed by atoms with E-state index in [0.717, 1.165) is 19.6 Å². The Hall–Kier alpha value is -0.900. The third-order valence-corrected chi connectivity index (χ3v) is 2.13. The molecular formula is C9H15NO3. The van der Waals surface area contributed by atoms with Crippen LogP contribution in [0.1, 0.15) is 19.8 Å². The second-order valence-corrected chi connectivity index (χ2v) is 3.22. The van der Waals surface area contributed by atoms with Crippen molar-refractivity contribution >= 4 is 11.8 Å². The molecule has 0 saturated carbocycles. The van der Waals surface area contributed by atoms with E-state index < -0.39 is 0 Å². The molecule has 0 aliphatic carbocycles. The van der Waals surface area contributed by atoms with Gasteiger partial charge < -0.3 is 4.74 Å². The van der Waals surface area contributed by atoms with Gasteiger partial charge >= 0.3 is 5.97 Å². The molecule has 4 heteroatoms. The maximum absolute atomic E-state index is 10.9. The second-order valence-electron chi connectivity index (χ2n) is 3.22. The molecule has 1 aliphatic rings. The van der Waals surface area contributed by atoms with Gasteiger partial charge in [-0.05, 0) is 0 Å². The molecule has 4 nitrogen and oxygen atoms in total. The molecule has 0 atom stereocenters. The Morgan fingerprint density at radius 2 is 2.08 bits per heavy atom. The average molecular weight is 185 g/mol. The fraction of sp³-hybridized carbons (Fsp3) is 0.778. The molecular weight excluding hydrogens is 170 g/mol. The van der Waals surface area contributed by atoms with Crippen LogP contribution in [0.2, 0.25) is 0 Å². The van der Waals surface area contributed by atoms with Crippen LogP contribution in [0.4, 0.5) is 0 Å². The predicted molar refractivity (Wildman–Crippen MR) is 47.3 cm³/mol. The maximum Gasteiger partial charge on any atom is 0.302 e. The standard InChI is InChI=1S/C9H15NO3/c1-8(11)13-7-6-10-4-2-9(12)3-5-10/h2-7H2,1H3. The summed E-state index contributed by atoms with van der Waals surface area (Å²) in [5.41, 5.74) is 0. The van der Waals surface area contributed by atoms with Crippen LogP contribution in [0.15, 0.2) is 0 Å². The molecule has 74 valence electrons. The lowest BCUT2D eigenvalue weighted by molar-refractivity contribution is -0.141. The van der Waals surface area contributed by atoms with E-state index in [2.05, 4.69) is 4.90 Å². The molecule has 1 aliphatic heterocycles. The van der Waals surface area contributed by atoms with Crippen molar-refractivity contribution in [2.75, 3.05) is 26.2 Å². The molecule has 1 rings (SSSR count). The number of carbonyl (C=O) groups is 2. The smallest absolute Gasteiger partial charge is 0.302 e. The topological polar surface area (TPSA) is 46.6 Å². The Morgan fingerprint density at radius 3 is 2.62 bits per heavy atom. The highest BCUT2D eigenvalue weighted by Crippen LogP contribution is 2.04. The number of likely N-dealkylation sites (tertiary alicyclic amines) is 1. The molecule has 1 saturated heterocycles. The highest BCUT2D eigenvalue weighted by atomic mass is 16.5. The number of ether oxygens (including phenoxy) is 1. The number of carbonyl (C=O) groups excluding carboxylic acids is 2. The van der Waals surface area contributed by atoms with E-state index in [0.29, 0.717) is 25.2 Å². The highest BCUT2D eigenvalue weighted by molar-refractivity contribution is 5.79. The Balaban J connectivity index is 2.09. The first kappa shape index (κ1) is 10.2. The van der Waals surface area contributed by atoms with Gasteiger partial charge in [0.2, 0.25) is 0 Å². The molecule has 0 spiro atoms. The van der Waals surface area contributed by atoms with Gasteiger partial charge in [-0.3, -0.25) is 14.5 Å². The number of ketones is 1. The van der Waals surface area contributed by atoms with Crippen LogP contribution >= 0.6 is 0 Å². The lowest BCUT2D eigenvalue weighted by Crippen LogP contribution is -2.36. The Kier molecular flexibility index (Phi) is 3.89. The van der Waals surface area contributed by atoms with Crippen LogP contribution in [-0.2, 0) is 14.3 Å². The van der Waals surface area contributed by atoms with Crippen molar-refractivity contribution in [3.63, 3.8) is 0 Å². The van der Waals surface area contributed by atoms with Crippen molar-refractivity contribution in [2.45, 2.75) is 19.8 Å². The minimum absolute atomic E-state index is 0.243. The van der Waals surface area contributed by atoms with E-state index >= 15 is 0 Å². The third kappa shape index (κ3) is 4.03. The lowest BCUT2D eigenvalue weighted by Gasteiger charge is -2.25. The molecule has 1 fully saturated rings. The monoisotopic (exact) mass is 185 g/mol. The first-order chi connectivity index (χ1) is 6.18. The summed E-state index contributed by atoms with van der Waals surface area (Å²) in [6, 6.07) is 0. The largest absolute Gasteiger partial charge is 0.465 e. The molecule has 0 N–H and O–H groups in total.